The van der Waals surface area contributed by atoms with Crippen LogP contribution in [-0.2, 0) is 10.0 Å². The zero-order chi connectivity index (χ0) is 16.3. The Morgan fingerprint density at radius 1 is 0.652 bits per heavy atom. The van der Waals surface area contributed by atoms with Crippen LogP contribution in [0.1, 0.15) is 0 Å². The van der Waals surface area contributed by atoms with Crippen molar-refractivity contribution in [1.29, 1.82) is 0 Å². The van der Waals surface area contributed by atoms with Crippen LogP contribution in [0.5, 0.6) is 11.5 Å². The second kappa shape index (κ2) is 6.24. The van der Waals surface area contributed by atoms with Gasteiger partial charge in [0.25, 0.3) is 0 Å². The molecular weight excluding hydrogens is 310 g/mol. The molecule has 0 bridgehead atoms. The van der Waals surface area contributed by atoms with E-state index >= 15 is 0 Å². The largest absolute Gasteiger partial charge is 0.457 e. The normalized spacial score (nSPS) is 11.2. The molecule has 0 aliphatic carbocycles. The summed E-state index contributed by atoms with van der Waals surface area (Å²) in [4.78, 5) is 0.102. The number of nitrogens with two attached hydrogens (primary N) is 1. The molecule has 0 saturated carbocycles. The van der Waals surface area contributed by atoms with E-state index in [2.05, 4.69) is 0 Å². The van der Waals surface area contributed by atoms with E-state index in [1.54, 1.807) is 12.1 Å². The predicted molar refractivity (Wildman–Crippen MR) is 89.8 cm³/mol. The van der Waals surface area contributed by atoms with E-state index in [0.29, 0.717) is 0 Å². The molecule has 0 amide bonds. The summed E-state index contributed by atoms with van der Waals surface area (Å²) in [6.07, 6.45) is 0. The van der Waals surface area contributed by atoms with Gasteiger partial charge in [-0.25, -0.2) is 13.6 Å². The van der Waals surface area contributed by atoms with Gasteiger partial charge in [0.15, 0.2) is 0 Å². The lowest BCUT2D eigenvalue weighted by atomic mass is 10.1. The molecule has 3 aromatic rings. The van der Waals surface area contributed by atoms with Crippen LogP contribution in [-0.4, -0.2) is 8.42 Å². The van der Waals surface area contributed by atoms with E-state index in [4.69, 9.17) is 9.88 Å². The Hall–Kier alpha value is -2.63. The Bertz CT molecular complexity index is 887. The molecule has 0 unspecified atom stereocenters. The van der Waals surface area contributed by atoms with Crippen molar-refractivity contribution < 1.29 is 13.2 Å². The number of hydrogen-bond acceptors (Lipinski definition) is 3. The van der Waals surface area contributed by atoms with Crippen LogP contribution in [0, 0.1) is 0 Å². The lowest BCUT2D eigenvalue weighted by molar-refractivity contribution is 0.483. The third-order valence-electron chi connectivity index (χ3n) is 3.35. The molecule has 0 heterocycles. The second-order valence-corrected chi connectivity index (χ2v) is 6.57. The van der Waals surface area contributed by atoms with E-state index in [9.17, 15) is 8.42 Å². The summed E-state index contributed by atoms with van der Waals surface area (Å²) >= 11 is 0. The number of ether oxygens (including phenoxy) is 1. The van der Waals surface area contributed by atoms with Crippen molar-refractivity contribution in [3.05, 3.63) is 78.9 Å². The predicted octanol–water partition coefficient (Wildman–Crippen LogP) is 3.79. The summed E-state index contributed by atoms with van der Waals surface area (Å²) in [5, 5.41) is 5.09. The van der Waals surface area contributed by atoms with Gasteiger partial charge in [-0.05, 0) is 47.5 Å². The first-order valence-corrected chi connectivity index (χ1v) is 8.53. The molecule has 0 atom stereocenters. The summed E-state index contributed by atoms with van der Waals surface area (Å²) in [6.45, 7) is 0. The van der Waals surface area contributed by atoms with E-state index in [-0.39, 0.29) is 4.90 Å². The summed E-state index contributed by atoms with van der Waals surface area (Å²) in [7, 11) is -3.66. The summed E-state index contributed by atoms with van der Waals surface area (Å²) in [5.74, 6) is 1.51. The van der Waals surface area contributed by atoms with Crippen LogP contribution >= 0.6 is 0 Å². The fourth-order valence-electron chi connectivity index (χ4n) is 2.18. The fraction of sp³-hybridized carbons (Fsp3) is 0. The van der Waals surface area contributed by atoms with Gasteiger partial charge < -0.3 is 4.74 Å². The highest BCUT2D eigenvalue weighted by Gasteiger charge is 2.07. The molecule has 116 valence electrons. The molecule has 0 aliphatic rings. The molecule has 5 heteroatoms. The zero-order valence-electron chi connectivity index (χ0n) is 12.2. The minimum Gasteiger partial charge on any atom is -0.457 e. The Morgan fingerprint density at radius 3 is 1.65 bits per heavy atom. The molecule has 3 rings (SSSR count). The van der Waals surface area contributed by atoms with Gasteiger partial charge in [-0.15, -0.1) is 0 Å². The van der Waals surface area contributed by atoms with Crippen LogP contribution < -0.4 is 9.88 Å². The van der Waals surface area contributed by atoms with Crippen LogP contribution in [0.3, 0.4) is 0 Å². The first-order valence-electron chi connectivity index (χ1n) is 6.98. The monoisotopic (exact) mass is 325 g/mol. The van der Waals surface area contributed by atoms with Gasteiger partial charge in [0.1, 0.15) is 11.5 Å². The highest BCUT2D eigenvalue weighted by molar-refractivity contribution is 7.89. The van der Waals surface area contributed by atoms with E-state index < -0.39 is 10.0 Å². The average Bonchev–Trinajstić information content (AvgIpc) is 2.56. The molecule has 0 radical (unpaired) electrons. The third-order valence-corrected chi connectivity index (χ3v) is 4.28. The highest BCUT2D eigenvalue weighted by atomic mass is 32.2. The molecule has 0 fully saturated rings. The van der Waals surface area contributed by atoms with Crippen molar-refractivity contribution >= 4 is 10.0 Å². The van der Waals surface area contributed by atoms with Gasteiger partial charge in [-0.2, -0.15) is 0 Å². The Morgan fingerprint density at radius 2 is 1.13 bits per heavy atom. The van der Waals surface area contributed by atoms with Gasteiger partial charge in [-0.1, -0.05) is 42.5 Å². The smallest absolute Gasteiger partial charge is 0.238 e. The van der Waals surface area contributed by atoms with Crippen molar-refractivity contribution in [1.82, 2.24) is 0 Å². The first kappa shape index (κ1) is 15.3. The van der Waals surface area contributed by atoms with Gasteiger partial charge in [0, 0.05) is 0 Å². The molecule has 4 nitrogen and oxygen atoms in total. The standard InChI is InChI=1S/C18H15NO3S/c19-23(20,21)18-12-8-15(9-13-18)14-6-10-17(11-7-14)22-16-4-2-1-3-5-16/h1-13H,(H2,19,20,21). The number of primary sulfonamides is 1. The Balaban J connectivity index is 1.79. The maximum Gasteiger partial charge on any atom is 0.238 e. The minimum atomic E-state index is -3.66. The molecule has 0 saturated heterocycles. The number of rotatable bonds is 4. The molecular formula is C18H15NO3S. The minimum absolute atomic E-state index is 0.102. The highest BCUT2D eigenvalue weighted by Crippen LogP contribution is 2.26. The summed E-state index contributed by atoms with van der Waals surface area (Å²) in [5.41, 5.74) is 1.87. The molecule has 0 aliphatic heterocycles. The topological polar surface area (TPSA) is 69.4 Å². The van der Waals surface area contributed by atoms with Crippen LogP contribution in [0.2, 0.25) is 0 Å². The number of para-hydroxylation sites is 1. The van der Waals surface area contributed by atoms with E-state index in [1.165, 1.54) is 12.1 Å². The molecule has 23 heavy (non-hydrogen) atoms. The molecule has 2 N–H and O–H groups in total. The Labute approximate surface area is 135 Å². The lowest BCUT2D eigenvalue weighted by Crippen LogP contribution is -2.11. The maximum absolute atomic E-state index is 11.3. The van der Waals surface area contributed by atoms with E-state index in [0.717, 1.165) is 22.6 Å². The van der Waals surface area contributed by atoms with Gasteiger partial charge in [0.05, 0.1) is 4.90 Å². The first-order chi connectivity index (χ1) is 11.0. The van der Waals surface area contributed by atoms with Gasteiger partial charge in [0.2, 0.25) is 10.0 Å². The average molecular weight is 325 g/mol. The number of sulfonamides is 1. The molecule has 3 aromatic carbocycles. The van der Waals surface area contributed by atoms with Crippen LogP contribution in [0.25, 0.3) is 11.1 Å². The van der Waals surface area contributed by atoms with Gasteiger partial charge >= 0.3 is 0 Å². The lowest BCUT2D eigenvalue weighted by Gasteiger charge is -2.07. The quantitative estimate of drug-likeness (QED) is 0.793. The van der Waals surface area contributed by atoms with E-state index in [1.807, 2.05) is 54.6 Å². The summed E-state index contributed by atoms with van der Waals surface area (Å²) < 4.78 is 28.3. The van der Waals surface area contributed by atoms with Crippen molar-refractivity contribution in [3.63, 3.8) is 0 Å². The van der Waals surface area contributed by atoms with Crippen LogP contribution in [0.15, 0.2) is 83.8 Å². The summed E-state index contributed by atoms with van der Waals surface area (Å²) in [6, 6.07) is 23.6. The Kier molecular flexibility index (Phi) is 4.14. The van der Waals surface area contributed by atoms with Crippen molar-refractivity contribution in [2.75, 3.05) is 0 Å². The second-order valence-electron chi connectivity index (χ2n) is 5.01. The number of benzene rings is 3. The third kappa shape index (κ3) is 3.77. The van der Waals surface area contributed by atoms with Crippen molar-refractivity contribution in [3.8, 4) is 22.6 Å². The number of hydrogen-bond donors (Lipinski definition) is 1. The maximum atomic E-state index is 11.3. The van der Waals surface area contributed by atoms with Gasteiger partial charge in [-0.3, -0.25) is 0 Å². The zero-order valence-corrected chi connectivity index (χ0v) is 13.0. The molecule has 0 aromatic heterocycles. The molecule has 0 spiro atoms. The SMILES string of the molecule is NS(=O)(=O)c1ccc(-c2ccc(Oc3ccccc3)cc2)cc1. The fourth-order valence-corrected chi connectivity index (χ4v) is 2.69. The van der Waals surface area contributed by atoms with Crippen molar-refractivity contribution in [2.24, 2.45) is 5.14 Å². The van der Waals surface area contributed by atoms with Crippen molar-refractivity contribution in [2.45, 2.75) is 4.90 Å². The van der Waals surface area contributed by atoms with Crippen LogP contribution in [0.4, 0.5) is 0 Å².